The Morgan fingerprint density at radius 2 is 2.00 bits per heavy atom. The Morgan fingerprint density at radius 1 is 1.23 bits per heavy atom. The summed E-state index contributed by atoms with van der Waals surface area (Å²) in [5.74, 6) is -1.60. The highest BCUT2D eigenvalue weighted by Gasteiger charge is 2.34. The van der Waals surface area contributed by atoms with Crippen molar-refractivity contribution in [2.24, 2.45) is 4.76 Å². The van der Waals surface area contributed by atoms with Crippen LogP contribution in [0.1, 0.15) is 11.1 Å². The second-order valence-electron chi connectivity index (χ2n) is 8.52. The number of amidine groups is 1. The van der Waals surface area contributed by atoms with E-state index in [0.717, 1.165) is 23.1 Å². The number of halogens is 2. The quantitative estimate of drug-likeness (QED) is 0.241. The molecule has 0 bridgehead atoms. The van der Waals surface area contributed by atoms with Gasteiger partial charge in [-0.05, 0) is 47.3 Å². The Morgan fingerprint density at radius 3 is 2.67 bits per heavy atom. The van der Waals surface area contributed by atoms with Crippen molar-refractivity contribution in [2.45, 2.75) is 6.54 Å². The summed E-state index contributed by atoms with van der Waals surface area (Å²) in [6, 6.07) is 9.42. The maximum absolute atomic E-state index is 13.7. The fourth-order valence-electron chi connectivity index (χ4n) is 3.90. The topological polar surface area (TPSA) is 163 Å². The predicted octanol–water partition coefficient (Wildman–Crippen LogP) is 3.57. The molecule has 0 fully saturated rings. The SMILES string of the molecule is CS(=O)(=O)Nc1ccc2c(c1)P(=O)(O)N=C(c1c(O)c(-c3ccsc3)nn(Cc3ccc(F)c(Cl)c3)c1=O)N2. The lowest BCUT2D eigenvalue weighted by Crippen LogP contribution is -2.34. The molecule has 0 saturated heterocycles. The maximum Gasteiger partial charge on any atom is 0.346 e. The lowest BCUT2D eigenvalue weighted by atomic mass is 10.1. The Balaban J connectivity index is 1.65. The molecule has 1 unspecified atom stereocenters. The van der Waals surface area contributed by atoms with E-state index < -0.39 is 40.2 Å². The Hall–Kier alpha value is -3.55. The second kappa shape index (κ2) is 9.88. The summed E-state index contributed by atoms with van der Waals surface area (Å²) >= 11 is 7.21. The molecule has 16 heteroatoms. The fraction of sp³-hybridized carbons (Fsp3) is 0.0870. The smallest absolute Gasteiger partial charge is 0.346 e. The highest BCUT2D eigenvalue weighted by atomic mass is 35.5. The zero-order chi connectivity index (χ0) is 28.1. The summed E-state index contributed by atoms with van der Waals surface area (Å²) in [5, 5.41) is 21.3. The number of rotatable bonds is 6. The standard InChI is InChI=1S/C23H18ClFN5O6PS2/c1-39(35,36)29-14-3-5-17-18(9-14)37(33,34)28-22(26-17)19-21(31)20(13-6-7-38-11-13)27-30(23(19)32)10-12-2-4-16(25)15(24)8-12/h2-9,11,29,31H,10H2,1H3,(H2,26,28,33,34). The molecule has 3 heterocycles. The minimum Gasteiger partial charge on any atom is -0.505 e. The first-order valence-corrected chi connectivity index (χ1v) is 15.8. The molecular formula is C23H18ClFN5O6PS2. The largest absolute Gasteiger partial charge is 0.505 e. The van der Waals surface area contributed by atoms with Gasteiger partial charge in [-0.3, -0.25) is 14.1 Å². The highest BCUT2D eigenvalue weighted by Crippen LogP contribution is 2.47. The number of sulfonamides is 1. The molecule has 4 N–H and O–H groups in total. The predicted molar refractivity (Wildman–Crippen MR) is 149 cm³/mol. The van der Waals surface area contributed by atoms with Gasteiger partial charge in [0.1, 0.15) is 17.1 Å². The average molecular weight is 610 g/mol. The van der Waals surface area contributed by atoms with Gasteiger partial charge in [-0.1, -0.05) is 17.7 Å². The lowest BCUT2D eigenvalue weighted by Gasteiger charge is -2.23. The first-order chi connectivity index (χ1) is 18.3. The molecule has 0 amide bonds. The van der Waals surface area contributed by atoms with Gasteiger partial charge in [0, 0.05) is 16.6 Å². The van der Waals surface area contributed by atoms with Gasteiger partial charge in [0.25, 0.3) is 5.56 Å². The van der Waals surface area contributed by atoms with Gasteiger partial charge in [0.05, 0.1) is 28.8 Å². The maximum atomic E-state index is 13.7. The third-order valence-corrected chi connectivity index (χ3v) is 8.63. The molecule has 39 heavy (non-hydrogen) atoms. The van der Waals surface area contributed by atoms with Crippen molar-refractivity contribution in [3.8, 4) is 17.0 Å². The molecular weight excluding hydrogens is 592 g/mol. The first-order valence-electron chi connectivity index (χ1n) is 11.0. The number of nitrogens with one attached hydrogen (secondary N) is 2. The van der Waals surface area contributed by atoms with Crippen LogP contribution in [0.5, 0.6) is 5.75 Å². The van der Waals surface area contributed by atoms with E-state index in [0.29, 0.717) is 11.1 Å². The van der Waals surface area contributed by atoms with Crippen LogP contribution in [0.3, 0.4) is 0 Å². The monoisotopic (exact) mass is 609 g/mol. The molecule has 0 spiro atoms. The van der Waals surface area contributed by atoms with Crippen LogP contribution >= 0.6 is 30.5 Å². The van der Waals surface area contributed by atoms with Crippen molar-refractivity contribution < 1.29 is 27.4 Å². The van der Waals surface area contributed by atoms with E-state index in [1.54, 1.807) is 16.8 Å². The Labute approximate surface area is 229 Å². The molecule has 0 aliphatic carbocycles. The van der Waals surface area contributed by atoms with Crippen LogP contribution in [0.2, 0.25) is 5.02 Å². The average Bonchev–Trinajstić information content (AvgIpc) is 3.37. The van der Waals surface area contributed by atoms with E-state index in [4.69, 9.17) is 11.6 Å². The number of aromatic hydroxyl groups is 1. The number of hydrogen-bond acceptors (Lipinski definition) is 8. The number of fused-ring (bicyclic) bond motifs is 1. The normalized spacial score (nSPS) is 16.8. The fourth-order valence-corrected chi connectivity index (χ4v) is 6.58. The van der Waals surface area contributed by atoms with Crippen LogP contribution in [-0.4, -0.2) is 40.3 Å². The summed E-state index contributed by atoms with van der Waals surface area (Å²) in [7, 11) is -8.20. The van der Waals surface area contributed by atoms with Crippen LogP contribution < -0.4 is 20.9 Å². The van der Waals surface area contributed by atoms with Crippen molar-refractivity contribution in [3.05, 3.63) is 85.5 Å². The van der Waals surface area contributed by atoms with E-state index in [2.05, 4.69) is 19.9 Å². The molecule has 0 radical (unpaired) electrons. The number of benzene rings is 2. The first kappa shape index (κ1) is 27.0. The van der Waals surface area contributed by atoms with Gasteiger partial charge in [-0.15, -0.1) is 0 Å². The second-order valence-corrected chi connectivity index (χ2v) is 13.2. The zero-order valence-corrected chi connectivity index (χ0v) is 23.1. The van der Waals surface area contributed by atoms with Crippen LogP contribution in [0.4, 0.5) is 15.8 Å². The van der Waals surface area contributed by atoms with E-state index in [-0.39, 0.29) is 39.8 Å². The molecule has 4 aromatic rings. The van der Waals surface area contributed by atoms with E-state index in [9.17, 15) is 32.2 Å². The minimum atomic E-state index is -4.55. The molecule has 202 valence electrons. The van der Waals surface area contributed by atoms with E-state index in [1.165, 1.54) is 35.6 Å². The van der Waals surface area contributed by atoms with Gasteiger partial charge in [-0.2, -0.15) is 21.2 Å². The summed E-state index contributed by atoms with van der Waals surface area (Å²) in [6.45, 7) is -0.162. The van der Waals surface area contributed by atoms with Crippen molar-refractivity contribution in [1.29, 1.82) is 0 Å². The molecule has 2 aromatic heterocycles. The molecule has 0 saturated carbocycles. The lowest BCUT2D eigenvalue weighted by molar-refractivity contribution is 0.464. The van der Waals surface area contributed by atoms with E-state index >= 15 is 0 Å². The zero-order valence-electron chi connectivity index (χ0n) is 19.8. The van der Waals surface area contributed by atoms with Gasteiger partial charge in [0.2, 0.25) is 10.0 Å². The molecule has 1 aliphatic heterocycles. The van der Waals surface area contributed by atoms with Crippen LogP contribution in [0, 0.1) is 5.82 Å². The van der Waals surface area contributed by atoms with Gasteiger partial charge in [-0.25, -0.2) is 17.5 Å². The van der Waals surface area contributed by atoms with Gasteiger partial charge >= 0.3 is 7.52 Å². The molecule has 5 rings (SSSR count). The third kappa shape index (κ3) is 5.47. The number of anilines is 2. The molecule has 11 nitrogen and oxygen atoms in total. The summed E-state index contributed by atoms with van der Waals surface area (Å²) < 4.78 is 57.2. The molecule has 1 atom stereocenters. The van der Waals surface area contributed by atoms with Crippen LogP contribution in [0.25, 0.3) is 11.3 Å². The summed E-state index contributed by atoms with van der Waals surface area (Å²) in [6.07, 6.45) is 0.932. The third-order valence-electron chi connectivity index (χ3n) is 5.58. The number of aromatic nitrogens is 2. The summed E-state index contributed by atoms with van der Waals surface area (Å²) in [4.78, 5) is 24.3. The molecule has 2 aromatic carbocycles. The van der Waals surface area contributed by atoms with Crippen molar-refractivity contribution >= 4 is 63.0 Å². The van der Waals surface area contributed by atoms with Gasteiger partial charge in [0.15, 0.2) is 11.6 Å². The molecule has 1 aliphatic rings. The van der Waals surface area contributed by atoms with Gasteiger partial charge < -0.3 is 15.3 Å². The Kier molecular flexibility index (Phi) is 6.85. The Bertz CT molecular complexity index is 1880. The number of thiophene rings is 1. The van der Waals surface area contributed by atoms with Crippen molar-refractivity contribution in [3.63, 3.8) is 0 Å². The van der Waals surface area contributed by atoms with Crippen molar-refractivity contribution in [1.82, 2.24) is 9.78 Å². The minimum absolute atomic E-state index is 0.00910. The van der Waals surface area contributed by atoms with Crippen molar-refractivity contribution in [2.75, 3.05) is 16.3 Å². The van der Waals surface area contributed by atoms with E-state index in [1.807, 2.05) is 0 Å². The number of hydrogen-bond donors (Lipinski definition) is 4. The van der Waals surface area contributed by atoms with Crippen LogP contribution in [0.15, 0.2) is 62.8 Å². The summed E-state index contributed by atoms with van der Waals surface area (Å²) in [5.41, 5.74) is -0.228. The number of nitrogens with zero attached hydrogens (tertiary/aromatic N) is 3. The van der Waals surface area contributed by atoms with Crippen LogP contribution in [-0.2, 0) is 21.1 Å². The highest BCUT2D eigenvalue weighted by molar-refractivity contribution is 7.92.